The van der Waals surface area contributed by atoms with E-state index in [2.05, 4.69) is 25.7 Å². The number of hydrogen-bond donors (Lipinski definition) is 2. The van der Waals surface area contributed by atoms with Gasteiger partial charge < -0.3 is 15.4 Å². The van der Waals surface area contributed by atoms with E-state index in [0.717, 1.165) is 48.4 Å². The molecular weight excluding hydrogens is 404 g/mol. The fourth-order valence-electron chi connectivity index (χ4n) is 3.48. The van der Waals surface area contributed by atoms with Gasteiger partial charge in [-0.05, 0) is 50.6 Å². The molecule has 0 amide bonds. The molecule has 3 heterocycles. The highest BCUT2D eigenvalue weighted by Gasteiger charge is 2.16. The van der Waals surface area contributed by atoms with E-state index in [0.29, 0.717) is 17.6 Å². The Bertz CT molecular complexity index is 999. The minimum absolute atomic E-state index is 0. The summed E-state index contributed by atoms with van der Waals surface area (Å²) in [5.74, 6) is 0.150. The second-order valence-corrected chi connectivity index (χ2v) is 7.11. The molecule has 1 fully saturated rings. The Kier molecular flexibility index (Phi) is 7.02. The molecule has 1 aliphatic heterocycles. The van der Waals surface area contributed by atoms with Crippen LogP contribution in [0.3, 0.4) is 0 Å². The molecular formula is C21H25ClN6O2. The number of nitrogens with one attached hydrogen (secondary N) is 2. The normalized spacial score (nSPS) is 14.1. The van der Waals surface area contributed by atoms with Crippen LogP contribution in [-0.2, 0) is 4.74 Å². The second kappa shape index (κ2) is 9.69. The highest BCUT2D eigenvalue weighted by atomic mass is 35.5. The topological polar surface area (TPSA) is 94.0 Å². The van der Waals surface area contributed by atoms with Gasteiger partial charge in [-0.25, -0.2) is 14.8 Å². The molecule has 9 heteroatoms. The van der Waals surface area contributed by atoms with Crippen molar-refractivity contribution in [1.29, 1.82) is 0 Å². The van der Waals surface area contributed by atoms with Gasteiger partial charge in [0.05, 0.1) is 36.3 Å². The number of hydrogen-bond acceptors (Lipinski definition) is 7. The van der Waals surface area contributed by atoms with Crippen molar-refractivity contribution in [3.8, 4) is 11.3 Å². The zero-order valence-electron chi connectivity index (χ0n) is 17.0. The third-order valence-corrected chi connectivity index (χ3v) is 5.09. The predicted octanol–water partition coefficient (Wildman–Crippen LogP) is 3.53. The van der Waals surface area contributed by atoms with Gasteiger partial charge in [-0.1, -0.05) is 12.1 Å². The van der Waals surface area contributed by atoms with Crippen molar-refractivity contribution < 1.29 is 9.53 Å². The molecule has 4 rings (SSSR count). The maximum atomic E-state index is 11.6. The van der Waals surface area contributed by atoms with Crippen LogP contribution in [0.25, 0.3) is 11.3 Å². The second-order valence-electron chi connectivity index (χ2n) is 7.11. The molecule has 2 N–H and O–H groups in total. The molecule has 0 bridgehead atoms. The zero-order valence-corrected chi connectivity index (χ0v) is 17.8. The monoisotopic (exact) mass is 428 g/mol. The number of rotatable bonds is 5. The van der Waals surface area contributed by atoms with Gasteiger partial charge in [0.1, 0.15) is 0 Å². The average molecular weight is 429 g/mol. The summed E-state index contributed by atoms with van der Waals surface area (Å²) in [5.41, 5.74) is 4.04. The minimum Gasteiger partial charge on any atom is -0.465 e. The van der Waals surface area contributed by atoms with Gasteiger partial charge in [-0.15, -0.1) is 12.4 Å². The number of piperidine rings is 1. The molecule has 30 heavy (non-hydrogen) atoms. The van der Waals surface area contributed by atoms with Gasteiger partial charge in [0.25, 0.3) is 0 Å². The molecule has 1 saturated heterocycles. The van der Waals surface area contributed by atoms with Crippen molar-refractivity contribution in [2.24, 2.45) is 0 Å². The molecule has 0 radical (unpaired) electrons. The largest absolute Gasteiger partial charge is 0.465 e. The fraction of sp³-hybridized carbons (Fsp3) is 0.333. The maximum Gasteiger partial charge on any atom is 0.337 e. The van der Waals surface area contributed by atoms with Crippen molar-refractivity contribution in [3.63, 3.8) is 0 Å². The highest BCUT2D eigenvalue weighted by molar-refractivity contribution is 5.90. The van der Waals surface area contributed by atoms with Gasteiger partial charge in [-0.3, -0.25) is 4.68 Å². The van der Waals surface area contributed by atoms with Crippen LogP contribution in [0, 0.1) is 6.92 Å². The molecule has 1 aromatic carbocycles. The van der Waals surface area contributed by atoms with Crippen molar-refractivity contribution in [2.45, 2.75) is 25.8 Å². The first-order valence-corrected chi connectivity index (χ1v) is 9.68. The summed E-state index contributed by atoms with van der Waals surface area (Å²) in [7, 11) is 1.37. The first-order valence-electron chi connectivity index (χ1n) is 9.68. The third-order valence-electron chi connectivity index (χ3n) is 5.09. The Morgan fingerprint density at radius 3 is 2.63 bits per heavy atom. The Hall–Kier alpha value is -2.97. The van der Waals surface area contributed by atoms with Crippen LogP contribution >= 0.6 is 12.4 Å². The molecule has 0 atom stereocenters. The number of methoxy groups -OCH3 is 1. The first-order chi connectivity index (χ1) is 14.1. The zero-order chi connectivity index (χ0) is 20.2. The number of aromatic nitrogens is 4. The Balaban J connectivity index is 0.00000256. The van der Waals surface area contributed by atoms with E-state index < -0.39 is 0 Å². The van der Waals surface area contributed by atoms with Crippen molar-refractivity contribution in [1.82, 2.24) is 25.1 Å². The lowest BCUT2D eigenvalue weighted by molar-refractivity contribution is 0.0601. The van der Waals surface area contributed by atoms with Gasteiger partial charge >= 0.3 is 5.97 Å². The number of halogens is 1. The van der Waals surface area contributed by atoms with Crippen LogP contribution < -0.4 is 10.6 Å². The van der Waals surface area contributed by atoms with Gasteiger partial charge in [0.2, 0.25) is 5.95 Å². The molecule has 0 saturated carbocycles. The lowest BCUT2D eigenvalue weighted by Gasteiger charge is -2.22. The highest BCUT2D eigenvalue weighted by Crippen LogP contribution is 2.25. The Morgan fingerprint density at radius 1 is 1.20 bits per heavy atom. The van der Waals surface area contributed by atoms with E-state index in [-0.39, 0.29) is 18.4 Å². The molecule has 3 aromatic rings. The van der Waals surface area contributed by atoms with E-state index in [9.17, 15) is 4.79 Å². The molecule has 0 aliphatic carbocycles. The average Bonchev–Trinajstić information content (AvgIpc) is 3.24. The lowest BCUT2D eigenvalue weighted by Crippen LogP contribution is -2.29. The van der Waals surface area contributed by atoms with E-state index in [1.165, 1.54) is 7.11 Å². The standard InChI is InChI=1S/C21H24N6O2.ClH/c1-14-11-23-21(25-17-12-24-27(13-17)18-7-9-22-10-8-18)26-19(14)15-3-5-16(6-4-15)20(28)29-2;/h3-6,11-13,18,22H,7-10H2,1-2H3,(H,23,25,26);1H. The summed E-state index contributed by atoms with van der Waals surface area (Å²) in [6.45, 7) is 4.00. The van der Waals surface area contributed by atoms with E-state index in [1.807, 2.05) is 29.9 Å². The summed E-state index contributed by atoms with van der Waals surface area (Å²) < 4.78 is 6.77. The van der Waals surface area contributed by atoms with Gasteiger partial charge in [0, 0.05) is 18.0 Å². The molecule has 8 nitrogen and oxygen atoms in total. The van der Waals surface area contributed by atoms with Crippen molar-refractivity contribution >= 4 is 30.0 Å². The number of carbonyl (C=O) groups excluding carboxylic acids is 1. The van der Waals surface area contributed by atoms with E-state index in [4.69, 9.17) is 4.74 Å². The summed E-state index contributed by atoms with van der Waals surface area (Å²) in [4.78, 5) is 20.7. The molecule has 0 unspecified atom stereocenters. The molecule has 0 spiro atoms. The summed E-state index contributed by atoms with van der Waals surface area (Å²) in [6.07, 6.45) is 7.75. The summed E-state index contributed by atoms with van der Waals surface area (Å²) in [6, 6.07) is 7.62. The SMILES string of the molecule is COC(=O)c1ccc(-c2nc(Nc3cnn(C4CCNCC4)c3)ncc2C)cc1.Cl. The van der Waals surface area contributed by atoms with Crippen LogP contribution in [0.5, 0.6) is 0 Å². The van der Waals surface area contributed by atoms with E-state index >= 15 is 0 Å². The predicted molar refractivity (Wildman–Crippen MR) is 117 cm³/mol. The number of aryl methyl sites for hydroxylation is 1. The minimum atomic E-state index is -0.357. The quantitative estimate of drug-likeness (QED) is 0.600. The number of ether oxygens (including phenoxy) is 1. The molecule has 158 valence electrons. The maximum absolute atomic E-state index is 11.6. The number of anilines is 2. The number of carbonyl (C=O) groups is 1. The lowest BCUT2D eigenvalue weighted by atomic mass is 10.1. The van der Waals surface area contributed by atoms with Crippen molar-refractivity contribution in [2.75, 3.05) is 25.5 Å². The van der Waals surface area contributed by atoms with Crippen LogP contribution in [0.4, 0.5) is 11.6 Å². The van der Waals surface area contributed by atoms with Crippen LogP contribution in [-0.4, -0.2) is 45.9 Å². The van der Waals surface area contributed by atoms with Crippen molar-refractivity contribution in [3.05, 3.63) is 54.0 Å². The smallest absolute Gasteiger partial charge is 0.337 e. The fourth-order valence-corrected chi connectivity index (χ4v) is 3.48. The molecule has 1 aliphatic rings. The van der Waals surface area contributed by atoms with Crippen LogP contribution in [0.15, 0.2) is 42.9 Å². The van der Waals surface area contributed by atoms with Crippen LogP contribution in [0.2, 0.25) is 0 Å². The van der Waals surface area contributed by atoms with Crippen LogP contribution in [0.1, 0.15) is 34.8 Å². The number of esters is 1. The summed E-state index contributed by atoms with van der Waals surface area (Å²) >= 11 is 0. The Labute approximate surface area is 181 Å². The van der Waals surface area contributed by atoms with Gasteiger partial charge in [-0.2, -0.15) is 5.10 Å². The number of nitrogens with zero attached hydrogens (tertiary/aromatic N) is 4. The Morgan fingerprint density at radius 2 is 1.93 bits per heavy atom. The summed E-state index contributed by atoms with van der Waals surface area (Å²) in [5, 5.41) is 11.1. The number of benzene rings is 1. The third kappa shape index (κ3) is 4.77. The molecule has 2 aromatic heterocycles. The van der Waals surface area contributed by atoms with Gasteiger partial charge in [0.15, 0.2) is 0 Å². The first kappa shape index (κ1) is 21.7. The van der Waals surface area contributed by atoms with E-state index in [1.54, 1.807) is 24.5 Å².